The minimum absolute atomic E-state index is 0.0417. The van der Waals surface area contributed by atoms with Crippen molar-refractivity contribution >= 4 is 11.7 Å². The van der Waals surface area contributed by atoms with Crippen molar-refractivity contribution in [3.63, 3.8) is 0 Å². The lowest BCUT2D eigenvalue weighted by atomic mass is 10.1. The molecule has 0 aliphatic heterocycles. The molecule has 0 aromatic heterocycles. The highest BCUT2D eigenvalue weighted by Gasteiger charge is 2.14. The van der Waals surface area contributed by atoms with Crippen LogP contribution >= 0.6 is 0 Å². The molecule has 4 heteroatoms. The Morgan fingerprint density at radius 2 is 1.81 bits per heavy atom. The molecule has 2 rings (SSSR count). The van der Waals surface area contributed by atoms with Gasteiger partial charge in [0, 0.05) is 5.56 Å². The largest absolute Gasteiger partial charge is 0.496 e. The number of rotatable bonds is 5. The maximum Gasteiger partial charge on any atom is 0.255 e. The molecule has 0 unspecified atom stereocenters. The van der Waals surface area contributed by atoms with Crippen molar-refractivity contribution in [2.45, 2.75) is 6.92 Å². The predicted molar refractivity (Wildman–Crippen MR) is 80.8 cm³/mol. The average molecular weight is 283 g/mol. The molecule has 0 saturated heterocycles. The first kappa shape index (κ1) is 14.8. The summed E-state index contributed by atoms with van der Waals surface area (Å²) in [6.07, 6.45) is 0. The molecule has 0 bridgehead atoms. The van der Waals surface area contributed by atoms with Crippen molar-refractivity contribution in [3.8, 4) is 5.75 Å². The van der Waals surface area contributed by atoms with Crippen LogP contribution in [-0.4, -0.2) is 25.3 Å². The lowest BCUT2D eigenvalue weighted by molar-refractivity contribution is 0.0902. The molecule has 1 N–H and O–H groups in total. The van der Waals surface area contributed by atoms with Crippen LogP contribution < -0.4 is 10.1 Å². The molecule has 21 heavy (non-hydrogen) atoms. The van der Waals surface area contributed by atoms with Crippen LogP contribution in [0.3, 0.4) is 0 Å². The summed E-state index contributed by atoms with van der Waals surface area (Å²) in [5, 5.41) is 2.63. The van der Waals surface area contributed by atoms with Crippen LogP contribution in [0.2, 0.25) is 0 Å². The number of benzene rings is 2. The van der Waals surface area contributed by atoms with Gasteiger partial charge >= 0.3 is 0 Å². The van der Waals surface area contributed by atoms with Gasteiger partial charge in [-0.15, -0.1) is 0 Å². The summed E-state index contributed by atoms with van der Waals surface area (Å²) >= 11 is 0. The lowest BCUT2D eigenvalue weighted by Gasteiger charge is -2.10. The van der Waals surface area contributed by atoms with Gasteiger partial charge < -0.3 is 10.1 Å². The summed E-state index contributed by atoms with van der Waals surface area (Å²) in [7, 11) is 1.51. The van der Waals surface area contributed by atoms with Crippen LogP contribution in [0.1, 0.15) is 26.3 Å². The van der Waals surface area contributed by atoms with Crippen molar-refractivity contribution < 1.29 is 14.3 Å². The summed E-state index contributed by atoms with van der Waals surface area (Å²) in [5.74, 6) is 0.0423. The van der Waals surface area contributed by atoms with Crippen molar-refractivity contribution in [1.82, 2.24) is 5.32 Å². The zero-order valence-electron chi connectivity index (χ0n) is 12.1. The van der Waals surface area contributed by atoms with Gasteiger partial charge in [-0.2, -0.15) is 0 Å². The SMILES string of the molecule is COc1ccc(C)cc1C(=O)NCC(=O)c1ccccc1. The van der Waals surface area contributed by atoms with Crippen LogP contribution in [0.25, 0.3) is 0 Å². The number of ether oxygens (including phenoxy) is 1. The second-order valence-electron chi connectivity index (χ2n) is 4.68. The molecule has 4 nitrogen and oxygen atoms in total. The normalized spacial score (nSPS) is 10.0. The van der Waals surface area contributed by atoms with Crippen LogP contribution in [-0.2, 0) is 0 Å². The van der Waals surface area contributed by atoms with Crippen molar-refractivity contribution in [3.05, 3.63) is 65.2 Å². The van der Waals surface area contributed by atoms with E-state index in [0.29, 0.717) is 16.9 Å². The van der Waals surface area contributed by atoms with Gasteiger partial charge in [0.25, 0.3) is 5.91 Å². The standard InChI is InChI=1S/C17H17NO3/c1-12-8-9-16(21-2)14(10-12)17(20)18-11-15(19)13-6-4-3-5-7-13/h3-10H,11H2,1-2H3,(H,18,20). The van der Waals surface area contributed by atoms with E-state index in [-0.39, 0.29) is 18.2 Å². The summed E-state index contributed by atoms with van der Waals surface area (Å²) in [4.78, 5) is 24.1. The summed E-state index contributed by atoms with van der Waals surface area (Å²) in [6, 6.07) is 14.2. The fourth-order valence-corrected chi connectivity index (χ4v) is 1.98. The van der Waals surface area contributed by atoms with E-state index in [1.54, 1.807) is 36.4 Å². The molecule has 0 spiro atoms. The highest BCUT2D eigenvalue weighted by molar-refractivity contribution is 6.03. The number of carbonyl (C=O) groups is 2. The number of methoxy groups -OCH3 is 1. The van der Waals surface area contributed by atoms with Crippen LogP contribution in [0, 0.1) is 6.92 Å². The first-order valence-corrected chi connectivity index (χ1v) is 6.63. The van der Waals surface area contributed by atoms with Gasteiger partial charge in [-0.05, 0) is 19.1 Å². The van der Waals surface area contributed by atoms with Crippen LogP contribution in [0.15, 0.2) is 48.5 Å². The number of Topliss-reactive ketones (excluding diaryl/α,β-unsaturated/α-hetero) is 1. The molecule has 2 aromatic rings. The zero-order chi connectivity index (χ0) is 15.2. The molecule has 0 saturated carbocycles. The van der Waals surface area contributed by atoms with Gasteiger partial charge in [0.05, 0.1) is 19.2 Å². The molecule has 108 valence electrons. The third-order valence-electron chi connectivity index (χ3n) is 3.10. The molecule has 1 amide bonds. The van der Waals surface area contributed by atoms with E-state index >= 15 is 0 Å². The van der Waals surface area contributed by atoms with Gasteiger partial charge in [-0.25, -0.2) is 0 Å². The number of amides is 1. The van der Waals surface area contributed by atoms with E-state index in [4.69, 9.17) is 4.74 Å². The van der Waals surface area contributed by atoms with E-state index in [0.717, 1.165) is 5.56 Å². The minimum atomic E-state index is -0.320. The third kappa shape index (κ3) is 3.69. The number of hydrogen-bond acceptors (Lipinski definition) is 3. The summed E-state index contributed by atoms with van der Waals surface area (Å²) in [6.45, 7) is 1.85. The molecule has 0 heterocycles. The molecule has 0 fully saturated rings. The Labute approximate surface area is 123 Å². The van der Waals surface area contributed by atoms with Crippen LogP contribution in [0.5, 0.6) is 5.75 Å². The maximum absolute atomic E-state index is 12.2. The molecular weight excluding hydrogens is 266 g/mol. The van der Waals surface area contributed by atoms with Crippen molar-refractivity contribution in [2.24, 2.45) is 0 Å². The quantitative estimate of drug-likeness (QED) is 0.858. The monoisotopic (exact) mass is 283 g/mol. The Balaban J connectivity index is 2.05. The Morgan fingerprint density at radius 3 is 2.48 bits per heavy atom. The van der Waals surface area contributed by atoms with Gasteiger partial charge in [0.15, 0.2) is 5.78 Å². The predicted octanol–water partition coefficient (Wildman–Crippen LogP) is 2.62. The summed E-state index contributed by atoms with van der Waals surface area (Å²) in [5.41, 5.74) is 1.96. The highest BCUT2D eigenvalue weighted by Crippen LogP contribution is 2.19. The van der Waals surface area contributed by atoms with Crippen molar-refractivity contribution in [2.75, 3.05) is 13.7 Å². The second-order valence-corrected chi connectivity index (χ2v) is 4.68. The van der Waals surface area contributed by atoms with Crippen LogP contribution in [0.4, 0.5) is 0 Å². The van der Waals surface area contributed by atoms with E-state index in [2.05, 4.69) is 5.32 Å². The van der Waals surface area contributed by atoms with E-state index in [9.17, 15) is 9.59 Å². The first-order chi connectivity index (χ1) is 10.1. The first-order valence-electron chi connectivity index (χ1n) is 6.63. The molecule has 0 atom stereocenters. The lowest BCUT2D eigenvalue weighted by Crippen LogP contribution is -2.29. The Bertz CT molecular complexity index is 650. The Kier molecular flexibility index (Phi) is 4.72. The maximum atomic E-state index is 12.2. The average Bonchev–Trinajstić information content (AvgIpc) is 2.53. The topological polar surface area (TPSA) is 55.4 Å². The van der Waals surface area contributed by atoms with E-state index < -0.39 is 0 Å². The zero-order valence-corrected chi connectivity index (χ0v) is 12.1. The number of hydrogen-bond donors (Lipinski definition) is 1. The highest BCUT2D eigenvalue weighted by atomic mass is 16.5. The second kappa shape index (κ2) is 6.70. The number of carbonyl (C=O) groups excluding carboxylic acids is 2. The number of aryl methyl sites for hydroxylation is 1. The molecule has 2 aromatic carbocycles. The molecular formula is C17H17NO3. The summed E-state index contributed by atoms with van der Waals surface area (Å²) < 4.78 is 5.17. The number of nitrogens with one attached hydrogen (secondary N) is 1. The fourth-order valence-electron chi connectivity index (χ4n) is 1.98. The number of ketones is 1. The molecule has 0 radical (unpaired) electrons. The van der Waals surface area contributed by atoms with E-state index in [1.807, 2.05) is 19.1 Å². The third-order valence-corrected chi connectivity index (χ3v) is 3.10. The Morgan fingerprint density at radius 1 is 1.10 bits per heavy atom. The Hall–Kier alpha value is -2.62. The fraction of sp³-hybridized carbons (Fsp3) is 0.176. The van der Waals surface area contributed by atoms with Gasteiger partial charge in [0.1, 0.15) is 5.75 Å². The molecule has 0 aliphatic rings. The van der Waals surface area contributed by atoms with Gasteiger partial charge in [-0.1, -0.05) is 42.0 Å². The van der Waals surface area contributed by atoms with Gasteiger partial charge in [0.2, 0.25) is 0 Å². The van der Waals surface area contributed by atoms with E-state index in [1.165, 1.54) is 7.11 Å². The minimum Gasteiger partial charge on any atom is -0.496 e. The molecule has 0 aliphatic carbocycles. The van der Waals surface area contributed by atoms with Crippen molar-refractivity contribution in [1.29, 1.82) is 0 Å². The van der Waals surface area contributed by atoms with Gasteiger partial charge in [-0.3, -0.25) is 9.59 Å². The smallest absolute Gasteiger partial charge is 0.255 e.